The first-order chi connectivity index (χ1) is 17.0. The molecule has 2 fully saturated rings. The van der Waals surface area contributed by atoms with Crippen molar-refractivity contribution < 1.29 is 13.9 Å². The van der Waals surface area contributed by atoms with Crippen molar-refractivity contribution in [3.8, 4) is 5.75 Å². The van der Waals surface area contributed by atoms with Crippen LogP contribution in [-0.2, 0) is 0 Å². The molecule has 0 radical (unpaired) electrons. The standard InChI is InChI=1S/C26H31N5O4/c1-29-14-16-31(17-15-29)21-5-3-4-20-22(32)24(34-2)25(35-23(20)21)26(33)28-18-6-8-19(9-7-18)30-12-10-27-11-13-30/h3-9,27H,10-17H2,1-2H3,(H,28,33). The van der Waals surface area contributed by atoms with Gasteiger partial charge in [-0.1, -0.05) is 6.07 Å². The van der Waals surface area contributed by atoms with Gasteiger partial charge in [0.1, 0.15) is 0 Å². The van der Waals surface area contributed by atoms with Gasteiger partial charge in [0.15, 0.2) is 5.58 Å². The molecule has 2 N–H and O–H groups in total. The number of fused-ring (bicyclic) bond motifs is 1. The van der Waals surface area contributed by atoms with E-state index in [0.29, 0.717) is 16.7 Å². The third kappa shape index (κ3) is 4.69. The minimum Gasteiger partial charge on any atom is -0.489 e. The maximum absolute atomic E-state index is 13.2. The van der Waals surface area contributed by atoms with Crippen LogP contribution in [-0.4, -0.2) is 77.3 Å². The average Bonchev–Trinajstić information content (AvgIpc) is 2.90. The van der Waals surface area contributed by atoms with Crippen molar-refractivity contribution in [1.29, 1.82) is 0 Å². The van der Waals surface area contributed by atoms with Gasteiger partial charge in [0.05, 0.1) is 18.2 Å². The fourth-order valence-electron chi connectivity index (χ4n) is 4.68. The monoisotopic (exact) mass is 477 g/mol. The molecule has 5 rings (SSSR count). The van der Waals surface area contributed by atoms with E-state index in [1.54, 1.807) is 6.07 Å². The lowest BCUT2D eigenvalue weighted by Crippen LogP contribution is -2.44. The van der Waals surface area contributed by atoms with Crippen molar-refractivity contribution >= 4 is 33.9 Å². The van der Waals surface area contributed by atoms with Crippen LogP contribution in [0.1, 0.15) is 10.6 Å². The molecule has 0 unspecified atom stereocenters. The molecule has 1 aromatic heterocycles. The molecule has 184 valence electrons. The topological polar surface area (TPSA) is 90.3 Å². The number of nitrogens with one attached hydrogen (secondary N) is 2. The number of anilines is 3. The summed E-state index contributed by atoms with van der Waals surface area (Å²) in [6.07, 6.45) is 0. The molecule has 3 aromatic rings. The van der Waals surface area contributed by atoms with Crippen LogP contribution in [0.5, 0.6) is 5.75 Å². The second kappa shape index (κ2) is 9.97. The van der Waals surface area contributed by atoms with Crippen molar-refractivity contribution in [2.75, 3.05) is 81.6 Å². The molecule has 0 atom stereocenters. The van der Waals surface area contributed by atoms with E-state index in [4.69, 9.17) is 9.15 Å². The highest BCUT2D eigenvalue weighted by Gasteiger charge is 2.25. The quantitative estimate of drug-likeness (QED) is 0.578. The SMILES string of the molecule is COc1c(C(=O)Nc2ccc(N3CCNCC3)cc2)oc2c(N3CCN(C)CC3)cccc2c1=O. The number of methoxy groups -OCH3 is 1. The summed E-state index contributed by atoms with van der Waals surface area (Å²) in [5.41, 5.74) is 2.58. The second-order valence-corrected chi connectivity index (χ2v) is 8.98. The number of benzene rings is 2. The fraction of sp³-hybridized carbons (Fsp3) is 0.385. The Morgan fingerprint density at radius 3 is 2.37 bits per heavy atom. The highest BCUT2D eigenvalue weighted by atomic mass is 16.5. The number of hydrogen-bond donors (Lipinski definition) is 2. The minimum atomic E-state index is -0.524. The van der Waals surface area contributed by atoms with E-state index < -0.39 is 5.91 Å². The van der Waals surface area contributed by atoms with Gasteiger partial charge in [0.2, 0.25) is 16.9 Å². The number of rotatable bonds is 5. The lowest BCUT2D eigenvalue weighted by atomic mass is 10.1. The van der Waals surface area contributed by atoms with Gasteiger partial charge in [-0.25, -0.2) is 0 Å². The molecule has 0 saturated carbocycles. The van der Waals surface area contributed by atoms with Gasteiger partial charge in [-0.15, -0.1) is 0 Å². The summed E-state index contributed by atoms with van der Waals surface area (Å²) in [7, 11) is 3.46. The van der Waals surface area contributed by atoms with E-state index in [1.807, 2.05) is 36.4 Å². The summed E-state index contributed by atoms with van der Waals surface area (Å²) in [5.74, 6) is -0.746. The molecule has 0 spiro atoms. The van der Waals surface area contributed by atoms with Crippen molar-refractivity contribution in [2.24, 2.45) is 0 Å². The number of hydrogen-bond acceptors (Lipinski definition) is 8. The van der Waals surface area contributed by atoms with Crippen LogP contribution in [0.2, 0.25) is 0 Å². The van der Waals surface area contributed by atoms with Crippen molar-refractivity contribution in [2.45, 2.75) is 0 Å². The number of ether oxygens (including phenoxy) is 1. The summed E-state index contributed by atoms with van der Waals surface area (Å²) < 4.78 is 11.5. The third-order valence-corrected chi connectivity index (χ3v) is 6.72. The molecule has 0 aliphatic carbocycles. The Morgan fingerprint density at radius 2 is 1.69 bits per heavy atom. The van der Waals surface area contributed by atoms with Crippen LogP contribution >= 0.6 is 0 Å². The van der Waals surface area contributed by atoms with E-state index in [0.717, 1.165) is 63.7 Å². The van der Waals surface area contributed by atoms with Crippen molar-refractivity contribution in [3.63, 3.8) is 0 Å². The number of amides is 1. The number of piperazine rings is 2. The Morgan fingerprint density at radius 1 is 0.971 bits per heavy atom. The molecule has 2 aliphatic heterocycles. The number of nitrogens with zero attached hydrogens (tertiary/aromatic N) is 3. The molecule has 2 saturated heterocycles. The molecule has 9 heteroatoms. The predicted octanol–water partition coefficient (Wildman–Crippen LogP) is 2.22. The van der Waals surface area contributed by atoms with Crippen LogP contribution in [0.4, 0.5) is 17.1 Å². The van der Waals surface area contributed by atoms with Crippen molar-refractivity contribution in [1.82, 2.24) is 10.2 Å². The van der Waals surface area contributed by atoms with Gasteiger partial charge in [-0.05, 0) is 43.4 Å². The smallest absolute Gasteiger partial charge is 0.295 e. The summed E-state index contributed by atoms with van der Waals surface area (Å²) in [6.45, 7) is 7.24. The zero-order chi connectivity index (χ0) is 24.4. The zero-order valence-electron chi connectivity index (χ0n) is 20.2. The normalized spacial score (nSPS) is 17.0. The maximum atomic E-state index is 13.2. The summed E-state index contributed by atoms with van der Waals surface area (Å²) >= 11 is 0. The van der Waals surface area contributed by atoms with Gasteiger partial charge in [0.25, 0.3) is 5.91 Å². The summed E-state index contributed by atoms with van der Waals surface area (Å²) in [5, 5.41) is 6.60. The Labute approximate surface area is 204 Å². The van der Waals surface area contributed by atoms with Gasteiger partial charge >= 0.3 is 0 Å². The number of para-hydroxylation sites is 1. The second-order valence-electron chi connectivity index (χ2n) is 8.98. The van der Waals surface area contributed by atoms with Crippen LogP contribution in [0, 0.1) is 0 Å². The fourth-order valence-corrected chi connectivity index (χ4v) is 4.68. The zero-order valence-corrected chi connectivity index (χ0v) is 20.2. The number of carbonyl (C=O) groups is 1. The van der Waals surface area contributed by atoms with Crippen LogP contribution in [0.3, 0.4) is 0 Å². The molecule has 1 amide bonds. The first kappa shape index (κ1) is 23.2. The number of likely N-dealkylation sites (N-methyl/N-ethyl adjacent to an activating group) is 1. The first-order valence-electron chi connectivity index (χ1n) is 12.0. The van der Waals surface area contributed by atoms with Crippen LogP contribution in [0.15, 0.2) is 51.7 Å². The minimum absolute atomic E-state index is 0.0945. The first-order valence-corrected chi connectivity index (χ1v) is 12.0. The highest BCUT2D eigenvalue weighted by Crippen LogP contribution is 2.30. The Kier molecular flexibility index (Phi) is 6.61. The molecule has 2 aliphatic rings. The van der Waals surface area contributed by atoms with Gasteiger partial charge in [-0.2, -0.15) is 0 Å². The predicted molar refractivity (Wildman–Crippen MR) is 138 cm³/mol. The molecule has 35 heavy (non-hydrogen) atoms. The molecule has 9 nitrogen and oxygen atoms in total. The van der Waals surface area contributed by atoms with E-state index >= 15 is 0 Å². The molecule has 0 bridgehead atoms. The molecule has 3 heterocycles. The maximum Gasteiger partial charge on any atom is 0.295 e. The molecule has 2 aromatic carbocycles. The lowest BCUT2D eigenvalue weighted by molar-refractivity contribution is 0.0992. The van der Waals surface area contributed by atoms with Gasteiger partial charge in [-0.3, -0.25) is 9.59 Å². The summed E-state index contributed by atoms with van der Waals surface area (Å²) in [6, 6.07) is 13.2. The average molecular weight is 478 g/mol. The third-order valence-electron chi connectivity index (χ3n) is 6.72. The van der Waals surface area contributed by atoms with Crippen LogP contribution in [0.25, 0.3) is 11.0 Å². The lowest BCUT2D eigenvalue weighted by Gasteiger charge is -2.34. The largest absolute Gasteiger partial charge is 0.489 e. The highest BCUT2D eigenvalue weighted by molar-refractivity contribution is 6.05. The Bertz CT molecular complexity index is 1260. The van der Waals surface area contributed by atoms with Gasteiger partial charge in [0, 0.05) is 63.7 Å². The van der Waals surface area contributed by atoms with E-state index in [9.17, 15) is 9.59 Å². The van der Waals surface area contributed by atoms with Gasteiger partial charge < -0.3 is 34.5 Å². The van der Waals surface area contributed by atoms with Crippen LogP contribution < -0.4 is 30.6 Å². The Balaban J connectivity index is 1.45. The van der Waals surface area contributed by atoms with Crippen molar-refractivity contribution in [3.05, 3.63) is 58.4 Å². The Hall–Kier alpha value is -3.56. The van der Waals surface area contributed by atoms with E-state index in [-0.39, 0.29) is 16.9 Å². The van der Waals surface area contributed by atoms with E-state index in [1.165, 1.54) is 7.11 Å². The summed E-state index contributed by atoms with van der Waals surface area (Å²) in [4.78, 5) is 33.2. The van der Waals surface area contributed by atoms with E-state index in [2.05, 4.69) is 32.4 Å². The number of carbonyl (C=O) groups excluding carboxylic acids is 1. The molecular weight excluding hydrogens is 446 g/mol. The molecular formula is C26H31N5O4.